The molecular weight excluding hydrogens is 743 g/mol. The summed E-state index contributed by atoms with van der Waals surface area (Å²) in [7, 11) is 0. The van der Waals surface area contributed by atoms with Crippen molar-refractivity contribution >= 4 is 93.3 Å². The average Bonchev–Trinajstić information content (AvgIpc) is 3.90. The zero-order valence-electron chi connectivity index (χ0n) is 33.0. The Labute approximate surface area is 351 Å². The van der Waals surface area contributed by atoms with E-state index >= 15 is 0 Å². The van der Waals surface area contributed by atoms with E-state index in [9.17, 15) is 0 Å². The SMILES string of the molecule is c1ccc(N(c2ccccc2)c2cc3cccc4c(-c5cc(-c6cccc7c6oc6ccccc67)cc(-c6cccc7c6oc6ccccc67)c5)cc5cccc2c5c34)cc1. The maximum Gasteiger partial charge on any atom is 0.143 e. The first kappa shape index (κ1) is 33.8. The van der Waals surface area contributed by atoms with E-state index in [1.165, 1.54) is 37.9 Å². The zero-order valence-corrected chi connectivity index (χ0v) is 33.0. The number of nitrogens with zero attached hydrogens (tertiary/aromatic N) is 1. The van der Waals surface area contributed by atoms with E-state index in [1.807, 2.05) is 12.1 Å². The molecule has 2 heterocycles. The fraction of sp³-hybridized carbons (Fsp3) is 0. The molecule has 0 saturated carbocycles. The third-order valence-electron chi connectivity index (χ3n) is 12.5. The van der Waals surface area contributed by atoms with Crippen LogP contribution < -0.4 is 4.90 Å². The van der Waals surface area contributed by atoms with Crippen LogP contribution in [-0.4, -0.2) is 0 Å². The van der Waals surface area contributed by atoms with Gasteiger partial charge in [0.15, 0.2) is 0 Å². The molecule has 0 saturated heterocycles. The molecule has 0 aliphatic heterocycles. The largest absolute Gasteiger partial charge is 0.455 e. The lowest BCUT2D eigenvalue weighted by Crippen LogP contribution is -2.10. The molecule has 0 spiro atoms. The highest BCUT2D eigenvalue weighted by Crippen LogP contribution is 2.49. The van der Waals surface area contributed by atoms with Crippen molar-refractivity contribution in [1.82, 2.24) is 0 Å². The summed E-state index contributed by atoms with van der Waals surface area (Å²) in [5, 5.41) is 11.8. The molecule has 2 aromatic heterocycles. The summed E-state index contributed by atoms with van der Waals surface area (Å²) in [6.45, 7) is 0. The first-order valence-corrected chi connectivity index (χ1v) is 20.8. The Morgan fingerprint density at radius 3 is 1.30 bits per heavy atom. The first-order chi connectivity index (χ1) is 30.2. The van der Waals surface area contributed by atoms with Crippen LogP contribution in [0.15, 0.2) is 221 Å². The van der Waals surface area contributed by atoms with Crippen molar-refractivity contribution in [1.29, 1.82) is 0 Å². The lowest BCUT2D eigenvalue weighted by atomic mass is 9.86. The number of hydrogen-bond acceptors (Lipinski definition) is 3. The van der Waals surface area contributed by atoms with E-state index < -0.39 is 0 Å². The fourth-order valence-electron chi connectivity index (χ4n) is 9.88. The van der Waals surface area contributed by atoms with Crippen molar-refractivity contribution < 1.29 is 8.83 Å². The van der Waals surface area contributed by atoms with Crippen molar-refractivity contribution in [3.8, 4) is 33.4 Å². The van der Waals surface area contributed by atoms with Crippen LogP contribution in [0.4, 0.5) is 17.1 Å². The van der Waals surface area contributed by atoms with Crippen molar-refractivity contribution in [3.05, 3.63) is 212 Å². The van der Waals surface area contributed by atoms with Crippen LogP contribution in [0.5, 0.6) is 0 Å². The predicted molar refractivity (Wildman–Crippen MR) is 256 cm³/mol. The minimum Gasteiger partial charge on any atom is -0.455 e. The molecule has 0 aliphatic rings. The van der Waals surface area contributed by atoms with Crippen LogP contribution in [0.3, 0.4) is 0 Å². The molecule has 0 aliphatic carbocycles. The molecule has 0 bridgehead atoms. The smallest absolute Gasteiger partial charge is 0.143 e. The summed E-state index contributed by atoms with van der Waals surface area (Å²) in [6.07, 6.45) is 0. The van der Waals surface area contributed by atoms with E-state index in [-0.39, 0.29) is 0 Å². The van der Waals surface area contributed by atoms with E-state index in [2.05, 4.69) is 205 Å². The van der Waals surface area contributed by atoms with Gasteiger partial charge in [-0.25, -0.2) is 0 Å². The maximum atomic E-state index is 6.67. The summed E-state index contributed by atoms with van der Waals surface area (Å²) in [5.41, 5.74) is 13.5. The summed E-state index contributed by atoms with van der Waals surface area (Å²) in [5.74, 6) is 0. The Kier molecular flexibility index (Phi) is 7.31. The van der Waals surface area contributed by atoms with Gasteiger partial charge in [-0.05, 0) is 116 Å². The van der Waals surface area contributed by atoms with Crippen molar-refractivity contribution in [2.24, 2.45) is 0 Å². The van der Waals surface area contributed by atoms with E-state index in [1.54, 1.807) is 0 Å². The first-order valence-electron chi connectivity index (χ1n) is 20.8. The van der Waals surface area contributed by atoms with Gasteiger partial charge in [0.25, 0.3) is 0 Å². The molecule has 3 nitrogen and oxygen atoms in total. The monoisotopic (exact) mass is 777 g/mol. The third kappa shape index (κ3) is 5.17. The predicted octanol–water partition coefficient (Wildman–Crippen LogP) is 16.9. The highest BCUT2D eigenvalue weighted by Gasteiger charge is 2.22. The third-order valence-corrected chi connectivity index (χ3v) is 12.5. The molecule has 0 N–H and O–H groups in total. The maximum absolute atomic E-state index is 6.67. The van der Waals surface area contributed by atoms with Gasteiger partial charge in [-0.3, -0.25) is 0 Å². The highest BCUT2D eigenvalue weighted by molar-refractivity contribution is 6.29. The number of anilines is 3. The minimum absolute atomic E-state index is 0.886. The number of furan rings is 2. The van der Waals surface area contributed by atoms with Gasteiger partial charge >= 0.3 is 0 Å². The lowest BCUT2D eigenvalue weighted by Gasteiger charge is -2.28. The second-order valence-corrected chi connectivity index (χ2v) is 16.0. The van der Waals surface area contributed by atoms with Crippen LogP contribution in [0.25, 0.3) is 110 Å². The number of rotatable bonds is 6. The number of benzene rings is 11. The number of fused-ring (bicyclic) bond motifs is 6. The van der Waals surface area contributed by atoms with Gasteiger partial charge in [0.2, 0.25) is 0 Å². The Bertz CT molecular complexity index is 3650. The van der Waals surface area contributed by atoms with Crippen LogP contribution in [0, 0.1) is 0 Å². The van der Waals surface area contributed by atoms with E-state index in [4.69, 9.17) is 8.83 Å². The van der Waals surface area contributed by atoms with Gasteiger partial charge in [0.05, 0.1) is 5.69 Å². The second-order valence-electron chi connectivity index (χ2n) is 16.0. The van der Waals surface area contributed by atoms with Gasteiger partial charge in [-0.15, -0.1) is 0 Å². The van der Waals surface area contributed by atoms with Gasteiger partial charge in [-0.2, -0.15) is 0 Å². The molecule has 0 radical (unpaired) electrons. The molecule has 0 fully saturated rings. The van der Waals surface area contributed by atoms with Crippen molar-refractivity contribution in [3.63, 3.8) is 0 Å². The summed E-state index contributed by atoms with van der Waals surface area (Å²) >= 11 is 0. The second kappa shape index (κ2) is 13.2. The van der Waals surface area contributed by atoms with Gasteiger partial charge in [0, 0.05) is 49.4 Å². The standard InChI is InChI=1S/C58H35NO2/c1-3-17-41(18-4-1)59(42-19-5-2-6-20-42)52-35-37-16-11-25-47-51(34-36-15-12-28-50(52)56(36)55(37)47)40-32-38(43-23-13-26-48-45-21-7-9-29-53(45)60-57(43)48)31-39(33-40)44-24-14-27-49-46-22-8-10-30-54(46)61-58(44)49/h1-35H. The van der Waals surface area contributed by atoms with Gasteiger partial charge in [-0.1, -0.05) is 146 Å². The quantitative estimate of drug-likeness (QED) is 0.158. The van der Waals surface area contributed by atoms with Crippen LogP contribution in [-0.2, 0) is 0 Å². The molecule has 284 valence electrons. The van der Waals surface area contributed by atoms with Gasteiger partial charge < -0.3 is 13.7 Å². The van der Waals surface area contributed by atoms with Crippen LogP contribution >= 0.6 is 0 Å². The topological polar surface area (TPSA) is 29.5 Å². The molecule has 13 aromatic rings. The van der Waals surface area contributed by atoms with Gasteiger partial charge in [0.1, 0.15) is 22.3 Å². The Morgan fingerprint density at radius 2 is 0.721 bits per heavy atom. The van der Waals surface area contributed by atoms with E-state index in [0.29, 0.717) is 0 Å². The zero-order chi connectivity index (χ0) is 40.0. The van der Waals surface area contributed by atoms with E-state index in [0.717, 1.165) is 88.8 Å². The summed E-state index contributed by atoms with van der Waals surface area (Å²) in [6, 6.07) is 76.3. The molecule has 11 aromatic carbocycles. The molecule has 13 rings (SSSR count). The lowest BCUT2D eigenvalue weighted by molar-refractivity contribution is 0.670. The minimum atomic E-state index is 0.886. The van der Waals surface area contributed by atoms with Crippen LogP contribution in [0.1, 0.15) is 0 Å². The summed E-state index contributed by atoms with van der Waals surface area (Å²) < 4.78 is 13.3. The number of para-hydroxylation sites is 6. The normalized spacial score (nSPS) is 11.9. The Balaban J connectivity index is 1.09. The number of hydrogen-bond donors (Lipinski definition) is 0. The van der Waals surface area contributed by atoms with Crippen LogP contribution in [0.2, 0.25) is 0 Å². The molecular formula is C58H35NO2. The molecule has 61 heavy (non-hydrogen) atoms. The Morgan fingerprint density at radius 1 is 0.295 bits per heavy atom. The van der Waals surface area contributed by atoms with Crippen molar-refractivity contribution in [2.75, 3.05) is 4.90 Å². The Hall–Kier alpha value is -8.14. The highest BCUT2D eigenvalue weighted by atomic mass is 16.3. The fourth-order valence-corrected chi connectivity index (χ4v) is 9.88. The average molecular weight is 778 g/mol. The molecule has 0 atom stereocenters. The molecule has 0 amide bonds. The summed E-state index contributed by atoms with van der Waals surface area (Å²) in [4.78, 5) is 2.39. The van der Waals surface area contributed by atoms with Crippen molar-refractivity contribution in [2.45, 2.75) is 0 Å². The molecule has 0 unspecified atom stereocenters. The molecule has 3 heteroatoms.